The number of likely N-dealkylation sites (tertiary alicyclic amines) is 1. The molecule has 3 heterocycles. The summed E-state index contributed by atoms with van der Waals surface area (Å²) < 4.78 is 13.3. The van der Waals surface area contributed by atoms with Gasteiger partial charge in [-0.1, -0.05) is 25.3 Å². The standard InChI is InChI=1S/C24H32FN3O4S/c25-18-14-27(15-20(18)29)11-4-2-1-3-5-12-33-21-8-6-7-16-17(21)13-28(24(16)32)19-9-10-22(30)26-23(19)31/h6-8,18-20,29H,1-5,9-15H2,(H,26,30,31)/t18-,19?,20-/m1/s1. The molecule has 0 bridgehead atoms. The smallest absolute Gasteiger partial charge is 0.255 e. The van der Waals surface area contributed by atoms with Crippen LogP contribution >= 0.6 is 11.8 Å². The summed E-state index contributed by atoms with van der Waals surface area (Å²) in [6, 6.07) is 5.16. The Morgan fingerprint density at radius 3 is 2.64 bits per heavy atom. The lowest BCUT2D eigenvalue weighted by molar-refractivity contribution is -0.136. The normalized spacial score (nSPS) is 25.6. The third-order valence-electron chi connectivity index (χ3n) is 6.71. The Labute approximate surface area is 198 Å². The number of rotatable bonds is 10. The van der Waals surface area contributed by atoms with Gasteiger partial charge in [-0.2, -0.15) is 0 Å². The van der Waals surface area contributed by atoms with Gasteiger partial charge in [-0.25, -0.2) is 4.39 Å². The molecule has 2 fully saturated rings. The van der Waals surface area contributed by atoms with E-state index in [0.717, 1.165) is 54.9 Å². The highest BCUT2D eigenvalue weighted by Gasteiger charge is 2.39. The summed E-state index contributed by atoms with van der Waals surface area (Å²) in [7, 11) is 0. The summed E-state index contributed by atoms with van der Waals surface area (Å²) >= 11 is 1.75. The number of carbonyl (C=O) groups excluding carboxylic acids is 3. The zero-order valence-corrected chi connectivity index (χ0v) is 19.6. The van der Waals surface area contributed by atoms with Crippen molar-refractivity contribution < 1.29 is 23.9 Å². The number of piperidine rings is 1. The summed E-state index contributed by atoms with van der Waals surface area (Å²) in [5, 5.41) is 11.8. The number of halogens is 1. The lowest BCUT2D eigenvalue weighted by Gasteiger charge is -2.29. The first-order valence-corrected chi connectivity index (χ1v) is 12.9. The molecule has 2 N–H and O–H groups in total. The maximum Gasteiger partial charge on any atom is 0.255 e. The Bertz CT molecular complexity index is 888. The number of aliphatic hydroxyl groups is 1. The highest BCUT2D eigenvalue weighted by molar-refractivity contribution is 7.99. The summed E-state index contributed by atoms with van der Waals surface area (Å²) in [6.45, 7) is 2.06. The first-order valence-electron chi connectivity index (χ1n) is 11.9. The van der Waals surface area contributed by atoms with E-state index in [0.29, 0.717) is 31.6 Å². The second-order valence-corrected chi connectivity index (χ2v) is 10.3. The molecule has 3 aliphatic heterocycles. The molecule has 3 amide bonds. The molecule has 4 rings (SSSR count). The van der Waals surface area contributed by atoms with Crippen LogP contribution in [-0.2, 0) is 16.1 Å². The molecule has 33 heavy (non-hydrogen) atoms. The molecule has 0 aromatic heterocycles. The zero-order chi connectivity index (χ0) is 23.4. The molecular weight excluding hydrogens is 445 g/mol. The fourth-order valence-corrected chi connectivity index (χ4v) is 5.94. The van der Waals surface area contributed by atoms with Crippen molar-refractivity contribution in [3.8, 4) is 0 Å². The average Bonchev–Trinajstić information content (AvgIpc) is 3.29. The molecule has 1 aromatic rings. The largest absolute Gasteiger partial charge is 0.389 e. The van der Waals surface area contributed by atoms with Gasteiger partial charge in [0.25, 0.3) is 5.91 Å². The molecule has 0 spiro atoms. The molecule has 3 atom stereocenters. The summed E-state index contributed by atoms with van der Waals surface area (Å²) in [4.78, 5) is 41.3. The van der Waals surface area contributed by atoms with Crippen LogP contribution in [0.25, 0.3) is 0 Å². The van der Waals surface area contributed by atoms with E-state index in [1.807, 2.05) is 23.1 Å². The van der Waals surface area contributed by atoms with Crippen LogP contribution in [0.5, 0.6) is 0 Å². The molecule has 0 aliphatic carbocycles. The topological polar surface area (TPSA) is 90.0 Å². The molecule has 0 saturated carbocycles. The predicted molar refractivity (Wildman–Crippen MR) is 124 cm³/mol. The quantitative estimate of drug-likeness (QED) is 0.306. The fraction of sp³-hybridized carbons (Fsp3) is 0.625. The Morgan fingerprint density at radius 2 is 1.88 bits per heavy atom. The van der Waals surface area contributed by atoms with Crippen LogP contribution in [0.4, 0.5) is 4.39 Å². The van der Waals surface area contributed by atoms with E-state index >= 15 is 0 Å². The summed E-state index contributed by atoms with van der Waals surface area (Å²) in [6.07, 6.45) is 4.16. The molecule has 1 unspecified atom stereocenters. The van der Waals surface area contributed by atoms with E-state index in [1.165, 1.54) is 0 Å². The average molecular weight is 478 g/mol. The highest BCUT2D eigenvalue weighted by Crippen LogP contribution is 2.34. The van der Waals surface area contributed by atoms with Crippen molar-refractivity contribution in [1.82, 2.24) is 15.1 Å². The number of thioether (sulfide) groups is 1. The lowest BCUT2D eigenvalue weighted by atomic mass is 10.0. The van der Waals surface area contributed by atoms with E-state index < -0.39 is 18.3 Å². The van der Waals surface area contributed by atoms with Gasteiger partial charge >= 0.3 is 0 Å². The maximum atomic E-state index is 13.3. The van der Waals surface area contributed by atoms with Crippen LogP contribution in [0.15, 0.2) is 23.1 Å². The number of fused-ring (bicyclic) bond motifs is 1. The van der Waals surface area contributed by atoms with Gasteiger partial charge < -0.3 is 10.0 Å². The second kappa shape index (κ2) is 11.0. The third-order valence-corrected chi connectivity index (χ3v) is 7.90. The van der Waals surface area contributed by atoms with Crippen molar-refractivity contribution in [1.29, 1.82) is 0 Å². The Morgan fingerprint density at radius 1 is 1.09 bits per heavy atom. The minimum Gasteiger partial charge on any atom is -0.389 e. The number of amides is 3. The molecule has 9 heteroatoms. The molecule has 180 valence electrons. The highest BCUT2D eigenvalue weighted by atomic mass is 32.2. The third kappa shape index (κ3) is 5.75. The van der Waals surface area contributed by atoms with E-state index in [4.69, 9.17) is 0 Å². The number of β-amino-alcohol motifs (C(OH)–C–C–N with tert-alkyl or cyclic N) is 1. The SMILES string of the molecule is O=C1CCC(N2Cc3c(SCCCCCCCN4C[C@@H](O)[C@H](F)C4)cccc3C2=O)C(=O)N1. The van der Waals surface area contributed by atoms with Gasteiger partial charge in [0.2, 0.25) is 11.8 Å². The Balaban J connectivity index is 1.18. The maximum absolute atomic E-state index is 13.3. The number of nitrogens with zero attached hydrogens (tertiary/aromatic N) is 2. The van der Waals surface area contributed by atoms with E-state index in [1.54, 1.807) is 16.7 Å². The van der Waals surface area contributed by atoms with Crippen LogP contribution in [-0.4, -0.2) is 76.3 Å². The first-order chi connectivity index (χ1) is 15.9. The molecular formula is C24H32FN3O4S. The number of carbonyl (C=O) groups is 3. The summed E-state index contributed by atoms with van der Waals surface area (Å²) in [5.41, 5.74) is 1.64. The van der Waals surface area contributed by atoms with E-state index in [2.05, 4.69) is 5.32 Å². The van der Waals surface area contributed by atoms with Crippen molar-refractivity contribution in [2.24, 2.45) is 0 Å². The molecule has 2 saturated heterocycles. The molecule has 7 nitrogen and oxygen atoms in total. The Kier molecular flexibility index (Phi) is 8.03. The van der Waals surface area contributed by atoms with Gasteiger partial charge in [0.15, 0.2) is 0 Å². The van der Waals surface area contributed by atoms with E-state index in [-0.39, 0.29) is 24.1 Å². The van der Waals surface area contributed by atoms with Gasteiger partial charge in [-0.15, -0.1) is 11.8 Å². The number of alkyl halides is 1. The number of unbranched alkanes of at least 4 members (excludes halogenated alkanes) is 4. The van der Waals surface area contributed by atoms with Gasteiger partial charge in [0, 0.05) is 36.5 Å². The number of nitrogens with one attached hydrogen (secondary N) is 1. The van der Waals surface area contributed by atoms with Crippen molar-refractivity contribution in [2.75, 3.05) is 25.4 Å². The Hall–Kier alpha value is -1.97. The van der Waals surface area contributed by atoms with Crippen molar-refractivity contribution in [2.45, 2.75) is 74.7 Å². The van der Waals surface area contributed by atoms with Gasteiger partial charge in [0.05, 0.1) is 6.10 Å². The number of hydrogen-bond donors (Lipinski definition) is 2. The number of hydrogen-bond acceptors (Lipinski definition) is 6. The zero-order valence-electron chi connectivity index (χ0n) is 18.8. The van der Waals surface area contributed by atoms with Crippen molar-refractivity contribution in [3.05, 3.63) is 29.3 Å². The van der Waals surface area contributed by atoms with Crippen LogP contribution in [0, 0.1) is 0 Å². The number of imide groups is 1. The first kappa shape index (κ1) is 24.2. The molecule has 3 aliphatic rings. The second-order valence-electron chi connectivity index (χ2n) is 9.14. The summed E-state index contributed by atoms with van der Waals surface area (Å²) in [5.74, 6) is 0.170. The predicted octanol–water partition coefficient (Wildman–Crippen LogP) is 2.50. The minimum absolute atomic E-state index is 0.133. The van der Waals surface area contributed by atoms with Crippen LogP contribution < -0.4 is 5.32 Å². The molecule has 0 radical (unpaired) electrons. The van der Waals surface area contributed by atoms with Gasteiger partial charge in [0.1, 0.15) is 12.2 Å². The van der Waals surface area contributed by atoms with E-state index in [9.17, 15) is 23.9 Å². The monoisotopic (exact) mass is 477 g/mol. The number of benzene rings is 1. The number of aliphatic hydroxyl groups excluding tert-OH is 1. The van der Waals surface area contributed by atoms with Gasteiger partial charge in [-0.05, 0) is 49.3 Å². The lowest BCUT2D eigenvalue weighted by Crippen LogP contribution is -2.52. The fourth-order valence-electron chi connectivity index (χ4n) is 4.85. The van der Waals surface area contributed by atoms with Crippen molar-refractivity contribution in [3.63, 3.8) is 0 Å². The van der Waals surface area contributed by atoms with Crippen molar-refractivity contribution >= 4 is 29.5 Å². The van der Waals surface area contributed by atoms with Gasteiger partial charge in [-0.3, -0.25) is 24.6 Å². The minimum atomic E-state index is -1.10. The molecule has 1 aromatic carbocycles. The van der Waals surface area contributed by atoms with Crippen LogP contribution in [0.3, 0.4) is 0 Å². The van der Waals surface area contributed by atoms with Crippen LogP contribution in [0.2, 0.25) is 0 Å². The van der Waals surface area contributed by atoms with Crippen LogP contribution in [0.1, 0.15) is 60.9 Å².